The van der Waals surface area contributed by atoms with Crippen LogP contribution in [-0.4, -0.2) is 15.0 Å². The third kappa shape index (κ3) is 2.23. The molecule has 21 heavy (non-hydrogen) atoms. The van der Waals surface area contributed by atoms with Crippen molar-refractivity contribution in [2.24, 2.45) is 0 Å². The molecule has 0 bridgehead atoms. The third-order valence-corrected chi connectivity index (χ3v) is 3.17. The summed E-state index contributed by atoms with van der Waals surface area (Å²) in [6, 6.07) is 8.92. The minimum atomic E-state index is -0.449. The van der Waals surface area contributed by atoms with Crippen LogP contribution in [0.1, 0.15) is 16.8 Å². The second-order valence-electron chi connectivity index (χ2n) is 4.68. The zero-order chi connectivity index (χ0) is 15.0. The van der Waals surface area contributed by atoms with E-state index < -0.39 is 5.63 Å². The maximum atomic E-state index is 11.7. The summed E-state index contributed by atoms with van der Waals surface area (Å²) in [5, 5.41) is 17.3. The van der Waals surface area contributed by atoms with Gasteiger partial charge < -0.3 is 10.2 Å². The number of aromatic nitrogens is 3. The van der Waals surface area contributed by atoms with Crippen LogP contribution in [0.4, 0.5) is 5.82 Å². The Morgan fingerprint density at radius 3 is 3.00 bits per heavy atom. The first-order chi connectivity index (χ1) is 10.1. The Morgan fingerprint density at radius 1 is 1.43 bits per heavy atom. The molecule has 0 atom stereocenters. The van der Waals surface area contributed by atoms with Gasteiger partial charge in [0.15, 0.2) is 11.5 Å². The van der Waals surface area contributed by atoms with Crippen molar-refractivity contribution in [3.63, 3.8) is 0 Å². The maximum absolute atomic E-state index is 11.7. The Labute approximate surface area is 119 Å². The predicted octanol–water partition coefficient (Wildman–Crippen LogP) is 1.20. The van der Waals surface area contributed by atoms with E-state index in [2.05, 4.69) is 10.3 Å². The van der Waals surface area contributed by atoms with Crippen LogP contribution in [0.2, 0.25) is 0 Å². The van der Waals surface area contributed by atoms with E-state index in [4.69, 9.17) is 15.4 Å². The molecule has 0 radical (unpaired) electrons. The minimum Gasteiger partial charge on any atom is -0.423 e. The van der Waals surface area contributed by atoms with E-state index in [9.17, 15) is 4.79 Å². The van der Waals surface area contributed by atoms with Crippen molar-refractivity contribution in [3.05, 3.63) is 51.5 Å². The largest absolute Gasteiger partial charge is 0.423 e. The molecule has 7 nitrogen and oxygen atoms in total. The standard InChI is InChI=1S/C14H11N5O2/c1-8-2-3-10-9(5-13(20)21-12(10)4-8)7-19-11(6-15)14(16)17-18-19/h2-5H,7,16H2,1H3. The van der Waals surface area contributed by atoms with Crippen molar-refractivity contribution in [3.8, 4) is 6.07 Å². The van der Waals surface area contributed by atoms with E-state index in [1.54, 1.807) is 6.07 Å². The van der Waals surface area contributed by atoms with Gasteiger partial charge in [0.25, 0.3) is 0 Å². The number of nitriles is 1. The van der Waals surface area contributed by atoms with Gasteiger partial charge in [-0.05, 0) is 24.1 Å². The van der Waals surface area contributed by atoms with Crippen LogP contribution in [0, 0.1) is 18.3 Å². The van der Waals surface area contributed by atoms with Crippen molar-refractivity contribution in [2.45, 2.75) is 13.5 Å². The molecule has 0 unspecified atom stereocenters. The highest BCUT2D eigenvalue weighted by molar-refractivity contribution is 5.80. The molecule has 2 heterocycles. The molecule has 7 heteroatoms. The molecule has 0 fully saturated rings. The van der Waals surface area contributed by atoms with Gasteiger partial charge in [0, 0.05) is 11.5 Å². The van der Waals surface area contributed by atoms with E-state index >= 15 is 0 Å². The van der Waals surface area contributed by atoms with Gasteiger partial charge in [-0.1, -0.05) is 17.3 Å². The van der Waals surface area contributed by atoms with Crippen LogP contribution >= 0.6 is 0 Å². The molecule has 3 rings (SSSR count). The summed E-state index contributed by atoms with van der Waals surface area (Å²) in [7, 11) is 0. The van der Waals surface area contributed by atoms with Gasteiger partial charge in [-0.15, -0.1) is 5.10 Å². The fourth-order valence-electron chi connectivity index (χ4n) is 2.18. The van der Waals surface area contributed by atoms with Gasteiger partial charge in [0.1, 0.15) is 11.7 Å². The topological polar surface area (TPSA) is 111 Å². The van der Waals surface area contributed by atoms with Crippen molar-refractivity contribution in [1.29, 1.82) is 5.26 Å². The van der Waals surface area contributed by atoms with E-state index in [0.717, 1.165) is 10.9 Å². The monoisotopic (exact) mass is 281 g/mol. The molecule has 0 aliphatic heterocycles. The summed E-state index contributed by atoms with van der Waals surface area (Å²) >= 11 is 0. The van der Waals surface area contributed by atoms with Crippen molar-refractivity contribution in [1.82, 2.24) is 15.0 Å². The molecule has 0 aliphatic carbocycles. The molecule has 2 aromatic heterocycles. The first-order valence-corrected chi connectivity index (χ1v) is 6.21. The van der Waals surface area contributed by atoms with Gasteiger partial charge in [-0.2, -0.15) is 5.26 Å². The fourth-order valence-corrected chi connectivity index (χ4v) is 2.18. The smallest absolute Gasteiger partial charge is 0.336 e. The quantitative estimate of drug-likeness (QED) is 0.706. The normalized spacial score (nSPS) is 10.7. The van der Waals surface area contributed by atoms with E-state index in [1.165, 1.54) is 10.7 Å². The van der Waals surface area contributed by atoms with Crippen LogP contribution < -0.4 is 11.4 Å². The molecular weight excluding hydrogens is 270 g/mol. The number of nitrogens with two attached hydrogens (primary N) is 1. The van der Waals surface area contributed by atoms with Crippen LogP contribution in [0.3, 0.4) is 0 Å². The van der Waals surface area contributed by atoms with E-state index in [1.807, 2.05) is 25.1 Å². The number of aryl methyl sites for hydroxylation is 1. The van der Waals surface area contributed by atoms with Crippen molar-refractivity contribution < 1.29 is 4.42 Å². The Balaban J connectivity index is 2.17. The number of hydrogen-bond donors (Lipinski definition) is 1. The zero-order valence-corrected chi connectivity index (χ0v) is 11.2. The molecule has 1 aromatic carbocycles. The molecule has 3 aromatic rings. The number of hydrogen-bond acceptors (Lipinski definition) is 6. The van der Waals surface area contributed by atoms with Gasteiger partial charge in [-0.3, -0.25) is 0 Å². The number of benzene rings is 1. The van der Waals surface area contributed by atoms with Crippen LogP contribution in [0.5, 0.6) is 0 Å². The molecular formula is C14H11N5O2. The Morgan fingerprint density at radius 2 is 2.24 bits per heavy atom. The lowest BCUT2D eigenvalue weighted by Gasteiger charge is -2.06. The summed E-state index contributed by atoms with van der Waals surface area (Å²) in [5.74, 6) is 0.0700. The van der Waals surface area contributed by atoms with Crippen LogP contribution in [-0.2, 0) is 6.54 Å². The van der Waals surface area contributed by atoms with Crippen molar-refractivity contribution in [2.75, 3.05) is 5.73 Å². The summed E-state index contributed by atoms with van der Waals surface area (Å²) in [6.45, 7) is 2.14. The molecule has 2 N–H and O–H groups in total. The Kier molecular flexibility index (Phi) is 2.92. The second kappa shape index (κ2) is 4.76. The predicted molar refractivity (Wildman–Crippen MR) is 75.5 cm³/mol. The van der Waals surface area contributed by atoms with Gasteiger partial charge in [0.2, 0.25) is 0 Å². The molecule has 0 saturated heterocycles. The van der Waals surface area contributed by atoms with Gasteiger partial charge in [-0.25, -0.2) is 9.48 Å². The highest BCUT2D eigenvalue weighted by atomic mass is 16.4. The SMILES string of the molecule is Cc1ccc2c(Cn3nnc(N)c3C#N)cc(=O)oc2c1. The summed E-state index contributed by atoms with van der Waals surface area (Å²) in [6.07, 6.45) is 0. The Bertz CT molecular complexity index is 933. The lowest BCUT2D eigenvalue weighted by Crippen LogP contribution is -2.09. The summed E-state index contributed by atoms with van der Waals surface area (Å²) in [5.41, 5.74) is 7.48. The molecule has 0 saturated carbocycles. The molecule has 104 valence electrons. The number of anilines is 1. The number of rotatable bonds is 2. The number of nitrogens with zero attached hydrogens (tertiary/aromatic N) is 4. The molecule has 0 amide bonds. The van der Waals surface area contributed by atoms with Gasteiger partial charge >= 0.3 is 5.63 Å². The maximum Gasteiger partial charge on any atom is 0.336 e. The highest BCUT2D eigenvalue weighted by Gasteiger charge is 2.12. The summed E-state index contributed by atoms with van der Waals surface area (Å²) in [4.78, 5) is 11.7. The first kappa shape index (κ1) is 12.9. The third-order valence-electron chi connectivity index (χ3n) is 3.17. The highest BCUT2D eigenvalue weighted by Crippen LogP contribution is 2.20. The summed E-state index contributed by atoms with van der Waals surface area (Å²) < 4.78 is 6.56. The van der Waals surface area contributed by atoms with Crippen LogP contribution in [0.25, 0.3) is 11.0 Å². The number of nitrogen functional groups attached to an aromatic ring is 1. The van der Waals surface area contributed by atoms with Crippen molar-refractivity contribution >= 4 is 16.8 Å². The molecule has 0 aliphatic rings. The second-order valence-corrected chi connectivity index (χ2v) is 4.68. The average molecular weight is 281 g/mol. The van der Waals surface area contributed by atoms with Gasteiger partial charge in [0.05, 0.1) is 6.54 Å². The first-order valence-electron chi connectivity index (χ1n) is 6.21. The lowest BCUT2D eigenvalue weighted by molar-refractivity contribution is 0.554. The molecule has 0 spiro atoms. The fraction of sp³-hybridized carbons (Fsp3) is 0.143. The van der Waals surface area contributed by atoms with E-state index in [0.29, 0.717) is 11.1 Å². The Hall–Kier alpha value is -3.14. The van der Waals surface area contributed by atoms with Crippen LogP contribution in [0.15, 0.2) is 33.5 Å². The average Bonchev–Trinajstić information content (AvgIpc) is 2.78. The minimum absolute atomic E-state index is 0.0700. The number of fused-ring (bicyclic) bond motifs is 1. The van der Waals surface area contributed by atoms with E-state index in [-0.39, 0.29) is 18.1 Å². The lowest BCUT2D eigenvalue weighted by atomic mass is 10.1. The zero-order valence-electron chi connectivity index (χ0n) is 11.2.